The number of hydrogen-bond acceptors (Lipinski definition) is 2. The Kier molecular flexibility index (Phi) is 6.06. The minimum absolute atomic E-state index is 0. The molecule has 2 rings (SSSR count). The molecule has 0 aromatic heterocycles. The van der Waals surface area contributed by atoms with Crippen molar-refractivity contribution in [3.8, 4) is 0 Å². The fourth-order valence-corrected chi connectivity index (χ4v) is 1.71. The highest BCUT2D eigenvalue weighted by molar-refractivity contribution is 5.85. The molecule has 0 spiro atoms. The van der Waals surface area contributed by atoms with Gasteiger partial charge in [0, 0.05) is 6.54 Å². The standard InChI is InChI=1S/C15H16N2O.ClH/c16-14(13-9-5-2-6-10-13)15(18)17-11-12-7-3-1-4-8-12;/h1-10,14H,11,16H2,(H,17,18);1H/t14-;/m0./s1. The van der Waals surface area contributed by atoms with Crippen molar-refractivity contribution in [1.29, 1.82) is 0 Å². The van der Waals surface area contributed by atoms with E-state index in [0.717, 1.165) is 11.1 Å². The summed E-state index contributed by atoms with van der Waals surface area (Å²) >= 11 is 0. The first-order valence-electron chi connectivity index (χ1n) is 5.89. The highest BCUT2D eigenvalue weighted by Gasteiger charge is 2.14. The van der Waals surface area contributed by atoms with E-state index in [1.807, 2.05) is 60.7 Å². The normalized spacial score (nSPS) is 11.2. The van der Waals surface area contributed by atoms with Crippen LogP contribution in [0.4, 0.5) is 0 Å². The Bertz CT molecular complexity index is 502. The molecule has 19 heavy (non-hydrogen) atoms. The van der Waals surface area contributed by atoms with Crippen molar-refractivity contribution in [2.24, 2.45) is 5.73 Å². The summed E-state index contributed by atoms with van der Waals surface area (Å²) < 4.78 is 0. The molecule has 100 valence electrons. The Balaban J connectivity index is 0.00000180. The number of hydrogen-bond donors (Lipinski definition) is 2. The molecule has 2 aromatic rings. The molecule has 0 aliphatic heterocycles. The zero-order valence-electron chi connectivity index (χ0n) is 10.5. The molecule has 0 bridgehead atoms. The molecule has 0 radical (unpaired) electrons. The van der Waals surface area contributed by atoms with Crippen LogP contribution in [0.1, 0.15) is 17.2 Å². The van der Waals surface area contributed by atoms with Gasteiger partial charge in [-0.05, 0) is 11.1 Å². The lowest BCUT2D eigenvalue weighted by Crippen LogP contribution is -2.33. The number of carbonyl (C=O) groups excluding carboxylic acids is 1. The third kappa shape index (κ3) is 4.39. The van der Waals surface area contributed by atoms with Crippen molar-refractivity contribution in [1.82, 2.24) is 5.32 Å². The van der Waals surface area contributed by atoms with Gasteiger partial charge in [0.15, 0.2) is 0 Å². The van der Waals surface area contributed by atoms with E-state index in [-0.39, 0.29) is 18.3 Å². The molecule has 0 aliphatic carbocycles. The van der Waals surface area contributed by atoms with E-state index in [2.05, 4.69) is 5.32 Å². The second-order valence-corrected chi connectivity index (χ2v) is 4.09. The monoisotopic (exact) mass is 276 g/mol. The number of benzene rings is 2. The van der Waals surface area contributed by atoms with Crippen molar-refractivity contribution in [2.75, 3.05) is 0 Å². The van der Waals surface area contributed by atoms with Gasteiger partial charge < -0.3 is 11.1 Å². The number of carbonyl (C=O) groups is 1. The SMILES string of the molecule is Cl.N[C@H](C(=O)NCc1ccccc1)c1ccccc1. The average molecular weight is 277 g/mol. The molecule has 0 saturated heterocycles. The van der Waals surface area contributed by atoms with Crippen LogP contribution in [0, 0.1) is 0 Å². The van der Waals surface area contributed by atoms with E-state index < -0.39 is 6.04 Å². The van der Waals surface area contributed by atoms with Gasteiger partial charge >= 0.3 is 0 Å². The van der Waals surface area contributed by atoms with Crippen molar-refractivity contribution in [3.05, 3.63) is 71.8 Å². The van der Waals surface area contributed by atoms with Gasteiger partial charge in [-0.15, -0.1) is 12.4 Å². The summed E-state index contributed by atoms with van der Waals surface area (Å²) in [6.07, 6.45) is 0. The Morgan fingerprint density at radius 1 is 1.00 bits per heavy atom. The van der Waals surface area contributed by atoms with E-state index in [4.69, 9.17) is 5.73 Å². The molecule has 0 heterocycles. The van der Waals surface area contributed by atoms with Gasteiger partial charge in [-0.25, -0.2) is 0 Å². The molecule has 3 N–H and O–H groups in total. The van der Waals surface area contributed by atoms with E-state index in [9.17, 15) is 4.79 Å². The predicted molar refractivity (Wildman–Crippen MR) is 78.9 cm³/mol. The smallest absolute Gasteiger partial charge is 0.241 e. The third-order valence-corrected chi connectivity index (χ3v) is 2.75. The topological polar surface area (TPSA) is 55.1 Å². The molecular weight excluding hydrogens is 260 g/mol. The minimum atomic E-state index is -0.616. The van der Waals surface area contributed by atoms with Gasteiger partial charge in [0.25, 0.3) is 0 Å². The van der Waals surface area contributed by atoms with Crippen LogP contribution in [0.5, 0.6) is 0 Å². The Morgan fingerprint density at radius 3 is 2.11 bits per heavy atom. The zero-order chi connectivity index (χ0) is 12.8. The van der Waals surface area contributed by atoms with E-state index in [1.165, 1.54) is 0 Å². The molecule has 2 aromatic carbocycles. The van der Waals surface area contributed by atoms with Crippen LogP contribution >= 0.6 is 12.4 Å². The second kappa shape index (κ2) is 7.56. The Labute approximate surface area is 119 Å². The van der Waals surface area contributed by atoms with Crippen LogP contribution in [0.15, 0.2) is 60.7 Å². The Hall–Kier alpha value is -1.84. The van der Waals surface area contributed by atoms with Crippen molar-refractivity contribution in [2.45, 2.75) is 12.6 Å². The lowest BCUT2D eigenvalue weighted by Gasteiger charge is -2.12. The van der Waals surface area contributed by atoms with Crippen molar-refractivity contribution < 1.29 is 4.79 Å². The summed E-state index contributed by atoms with van der Waals surface area (Å²) in [7, 11) is 0. The van der Waals surface area contributed by atoms with E-state index >= 15 is 0 Å². The summed E-state index contributed by atoms with van der Waals surface area (Å²) in [5.74, 6) is -0.162. The average Bonchev–Trinajstić information content (AvgIpc) is 2.46. The summed E-state index contributed by atoms with van der Waals surface area (Å²) in [5.41, 5.74) is 7.77. The molecule has 4 heteroatoms. The van der Waals surface area contributed by atoms with Crippen molar-refractivity contribution >= 4 is 18.3 Å². The molecular formula is C15H17ClN2O. The molecule has 0 unspecified atom stereocenters. The predicted octanol–water partition coefficient (Wildman–Crippen LogP) is 2.42. The lowest BCUT2D eigenvalue weighted by molar-refractivity contribution is -0.122. The largest absolute Gasteiger partial charge is 0.350 e. The maximum absolute atomic E-state index is 11.9. The van der Waals surface area contributed by atoms with Crippen LogP contribution in [-0.4, -0.2) is 5.91 Å². The number of amides is 1. The second-order valence-electron chi connectivity index (χ2n) is 4.09. The first kappa shape index (κ1) is 15.2. The number of halogens is 1. The van der Waals surface area contributed by atoms with Gasteiger partial charge in [-0.3, -0.25) is 4.79 Å². The van der Waals surface area contributed by atoms with Gasteiger partial charge in [-0.1, -0.05) is 60.7 Å². The van der Waals surface area contributed by atoms with Crippen LogP contribution < -0.4 is 11.1 Å². The van der Waals surface area contributed by atoms with Gasteiger partial charge in [-0.2, -0.15) is 0 Å². The fourth-order valence-electron chi connectivity index (χ4n) is 1.71. The van der Waals surface area contributed by atoms with E-state index in [1.54, 1.807) is 0 Å². The van der Waals surface area contributed by atoms with Gasteiger partial charge in [0.05, 0.1) is 0 Å². The van der Waals surface area contributed by atoms with Crippen LogP contribution in [-0.2, 0) is 11.3 Å². The highest BCUT2D eigenvalue weighted by Crippen LogP contribution is 2.09. The fraction of sp³-hybridized carbons (Fsp3) is 0.133. The van der Waals surface area contributed by atoms with Crippen LogP contribution in [0.25, 0.3) is 0 Å². The summed E-state index contributed by atoms with van der Waals surface area (Å²) in [6, 6.07) is 18.5. The van der Waals surface area contributed by atoms with Crippen molar-refractivity contribution in [3.63, 3.8) is 0 Å². The minimum Gasteiger partial charge on any atom is -0.350 e. The van der Waals surface area contributed by atoms with Crippen LogP contribution in [0.3, 0.4) is 0 Å². The maximum atomic E-state index is 11.9. The first-order valence-corrected chi connectivity index (χ1v) is 5.89. The molecule has 0 fully saturated rings. The number of nitrogens with one attached hydrogen (secondary N) is 1. The molecule has 1 atom stereocenters. The summed E-state index contributed by atoms with van der Waals surface area (Å²) in [5, 5.41) is 2.83. The number of nitrogens with two attached hydrogens (primary N) is 1. The molecule has 0 saturated carbocycles. The zero-order valence-corrected chi connectivity index (χ0v) is 11.3. The van der Waals surface area contributed by atoms with Gasteiger partial charge in [0.2, 0.25) is 5.91 Å². The maximum Gasteiger partial charge on any atom is 0.241 e. The molecule has 3 nitrogen and oxygen atoms in total. The summed E-state index contributed by atoms with van der Waals surface area (Å²) in [4.78, 5) is 11.9. The summed E-state index contributed by atoms with van der Waals surface area (Å²) in [6.45, 7) is 0.500. The van der Waals surface area contributed by atoms with Gasteiger partial charge in [0.1, 0.15) is 6.04 Å². The first-order chi connectivity index (χ1) is 8.77. The highest BCUT2D eigenvalue weighted by atomic mass is 35.5. The van der Waals surface area contributed by atoms with Crippen LogP contribution in [0.2, 0.25) is 0 Å². The number of rotatable bonds is 4. The lowest BCUT2D eigenvalue weighted by atomic mass is 10.1. The molecule has 1 amide bonds. The molecule has 0 aliphatic rings. The quantitative estimate of drug-likeness (QED) is 0.901. The third-order valence-electron chi connectivity index (χ3n) is 2.75. The Morgan fingerprint density at radius 2 is 1.53 bits per heavy atom. The van der Waals surface area contributed by atoms with E-state index in [0.29, 0.717) is 6.54 Å².